The van der Waals surface area contributed by atoms with Gasteiger partial charge in [0.25, 0.3) is 0 Å². The van der Waals surface area contributed by atoms with Crippen LogP contribution in [0.4, 0.5) is 0 Å². The predicted octanol–water partition coefficient (Wildman–Crippen LogP) is 4.53. The number of hydrogen-bond acceptors (Lipinski definition) is 4. The average molecular weight is 373 g/mol. The third-order valence-corrected chi connectivity index (χ3v) is 4.49. The second-order valence-electron chi connectivity index (χ2n) is 5.95. The number of para-hydroxylation sites is 1. The van der Waals surface area contributed by atoms with E-state index in [0.29, 0.717) is 33.0 Å². The van der Waals surface area contributed by atoms with E-state index >= 15 is 0 Å². The number of nitrogens with zero attached hydrogens (tertiary/aromatic N) is 2. The zero-order valence-corrected chi connectivity index (χ0v) is 15.0. The summed E-state index contributed by atoms with van der Waals surface area (Å²) >= 11 is 5.38. The van der Waals surface area contributed by atoms with Gasteiger partial charge in [-0.2, -0.15) is 5.10 Å². The molecule has 0 saturated carbocycles. The lowest BCUT2D eigenvalue weighted by Crippen LogP contribution is -2.04. The van der Waals surface area contributed by atoms with E-state index in [1.165, 1.54) is 0 Å². The summed E-state index contributed by atoms with van der Waals surface area (Å²) < 4.78 is 2.07. The lowest BCUT2D eigenvalue weighted by Gasteiger charge is -2.10. The van der Waals surface area contributed by atoms with Crippen molar-refractivity contribution in [2.24, 2.45) is 0 Å². The van der Waals surface area contributed by atoms with Gasteiger partial charge in [0.05, 0.1) is 11.3 Å². The highest BCUT2D eigenvalue weighted by Gasteiger charge is 2.15. The highest BCUT2D eigenvalue weighted by Crippen LogP contribution is 2.29. The Hall–Kier alpha value is -3.51. The zero-order chi connectivity index (χ0) is 18.8. The number of benzene rings is 3. The maximum Gasteiger partial charge on any atom is 0.200 e. The van der Waals surface area contributed by atoms with Gasteiger partial charge in [-0.1, -0.05) is 54.6 Å². The third kappa shape index (κ3) is 3.18. The molecule has 0 amide bonds. The first-order chi connectivity index (χ1) is 13.1. The zero-order valence-electron chi connectivity index (χ0n) is 14.2. The van der Waals surface area contributed by atoms with Crippen LogP contribution in [0.15, 0.2) is 78.9 Å². The van der Waals surface area contributed by atoms with Gasteiger partial charge >= 0.3 is 0 Å². The van der Waals surface area contributed by atoms with Gasteiger partial charge in [-0.15, -0.1) is 0 Å². The third-order valence-electron chi connectivity index (χ3n) is 4.22. The average Bonchev–Trinajstić information content (AvgIpc) is 3.10. The number of phenols is 1. The minimum Gasteiger partial charge on any atom is -0.507 e. The Kier molecular flexibility index (Phi) is 4.40. The van der Waals surface area contributed by atoms with Crippen LogP contribution in [0.3, 0.4) is 0 Å². The van der Waals surface area contributed by atoms with Crippen LogP contribution in [0.1, 0.15) is 15.9 Å². The quantitative estimate of drug-likeness (QED) is 0.407. The SMILES string of the molecule is O=C(c1ccccc1)c1cccc(-n2c(-c3ccccc3O)n[nH]c2=S)c1. The van der Waals surface area contributed by atoms with Crippen molar-refractivity contribution in [1.29, 1.82) is 0 Å². The first kappa shape index (κ1) is 16.9. The Balaban J connectivity index is 1.82. The lowest BCUT2D eigenvalue weighted by atomic mass is 10.0. The van der Waals surface area contributed by atoms with E-state index in [1.54, 1.807) is 53.1 Å². The van der Waals surface area contributed by atoms with E-state index in [9.17, 15) is 9.90 Å². The van der Waals surface area contributed by atoms with Crippen LogP contribution < -0.4 is 0 Å². The van der Waals surface area contributed by atoms with Crippen molar-refractivity contribution in [1.82, 2.24) is 14.8 Å². The summed E-state index contributed by atoms with van der Waals surface area (Å²) in [4.78, 5) is 12.8. The molecule has 0 atom stereocenters. The van der Waals surface area contributed by atoms with E-state index in [-0.39, 0.29) is 11.5 Å². The number of aromatic hydroxyl groups is 1. The molecule has 4 aromatic rings. The number of H-pyrrole nitrogens is 1. The fraction of sp³-hybridized carbons (Fsp3) is 0. The van der Waals surface area contributed by atoms with Crippen LogP contribution in [0, 0.1) is 4.77 Å². The molecule has 2 N–H and O–H groups in total. The maximum atomic E-state index is 12.8. The summed E-state index contributed by atoms with van der Waals surface area (Å²) in [6.45, 7) is 0. The second-order valence-corrected chi connectivity index (χ2v) is 6.34. The molecule has 1 heterocycles. The Morgan fingerprint density at radius 1 is 0.926 bits per heavy atom. The summed E-state index contributed by atoms with van der Waals surface area (Å²) in [6.07, 6.45) is 0. The molecule has 0 aliphatic heterocycles. The highest BCUT2D eigenvalue weighted by molar-refractivity contribution is 7.71. The number of phenolic OH excluding ortho intramolecular Hbond substituents is 1. The van der Waals surface area contributed by atoms with Gasteiger partial charge in [0.2, 0.25) is 0 Å². The monoisotopic (exact) mass is 373 g/mol. The van der Waals surface area contributed by atoms with E-state index in [1.807, 2.05) is 30.3 Å². The van der Waals surface area contributed by atoms with Crippen molar-refractivity contribution < 1.29 is 9.90 Å². The number of nitrogens with one attached hydrogen (secondary N) is 1. The number of carbonyl (C=O) groups excluding carboxylic acids is 1. The molecule has 27 heavy (non-hydrogen) atoms. The minimum atomic E-state index is -0.0726. The normalized spacial score (nSPS) is 10.7. The molecule has 6 heteroatoms. The molecule has 5 nitrogen and oxygen atoms in total. The molecule has 4 rings (SSSR count). The van der Waals surface area contributed by atoms with Crippen molar-refractivity contribution in [3.8, 4) is 22.8 Å². The molecule has 3 aromatic carbocycles. The first-order valence-corrected chi connectivity index (χ1v) is 8.72. The fourth-order valence-electron chi connectivity index (χ4n) is 2.92. The van der Waals surface area contributed by atoms with Gasteiger partial charge in [-0.3, -0.25) is 14.5 Å². The van der Waals surface area contributed by atoms with Crippen LogP contribution in [0.2, 0.25) is 0 Å². The predicted molar refractivity (Wildman–Crippen MR) is 106 cm³/mol. The van der Waals surface area contributed by atoms with Crippen molar-refractivity contribution >= 4 is 18.0 Å². The minimum absolute atomic E-state index is 0.0726. The number of hydrogen-bond donors (Lipinski definition) is 2. The van der Waals surface area contributed by atoms with Crippen LogP contribution in [-0.2, 0) is 0 Å². The largest absolute Gasteiger partial charge is 0.507 e. The summed E-state index contributed by atoms with van der Waals surface area (Å²) in [7, 11) is 0. The Bertz CT molecular complexity index is 1180. The summed E-state index contributed by atoms with van der Waals surface area (Å²) in [5, 5.41) is 17.2. The molecule has 0 bridgehead atoms. The molecule has 132 valence electrons. The summed E-state index contributed by atoms with van der Waals surface area (Å²) in [5.74, 6) is 0.503. The number of rotatable bonds is 4. The van der Waals surface area contributed by atoms with E-state index in [4.69, 9.17) is 12.2 Å². The maximum absolute atomic E-state index is 12.8. The van der Waals surface area contributed by atoms with Crippen LogP contribution in [0.5, 0.6) is 5.75 Å². The number of aromatic nitrogens is 3. The molecule has 0 radical (unpaired) electrons. The molecular weight excluding hydrogens is 358 g/mol. The highest BCUT2D eigenvalue weighted by atomic mass is 32.1. The Morgan fingerprint density at radius 3 is 2.41 bits per heavy atom. The number of aromatic amines is 1. The van der Waals surface area contributed by atoms with Gasteiger partial charge in [0, 0.05) is 11.1 Å². The van der Waals surface area contributed by atoms with Crippen LogP contribution in [0.25, 0.3) is 17.1 Å². The van der Waals surface area contributed by atoms with Gasteiger partial charge in [-0.25, -0.2) is 0 Å². The first-order valence-electron chi connectivity index (χ1n) is 8.31. The van der Waals surface area contributed by atoms with Gasteiger partial charge in [-0.05, 0) is 36.5 Å². The standard InChI is InChI=1S/C21H15N3O2S/c25-18-12-5-4-11-17(18)20-22-23-21(27)24(20)16-10-6-9-15(13-16)19(26)14-7-2-1-3-8-14/h1-13,25H,(H,23,27). The van der Waals surface area contributed by atoms with Crippen molar-refractivity contribution in [3.63, 3.8) is 0 Å². The van der Waals surface area contributed by atoms with Crippen molar-refractivity contribution in [3.05, 3.63) is 94.8 Å². The van der Waals surface area contributed by atoms with E-state index in [2.05, 4.69) is 10.2 Å². The molecule has 0 spiro atoms. The molecule has 0 unspecified atom stereocenters. The summed E-state index contributed by atoms with van der Waals surface area (Å²) in [5.41, 5.74) is 2.40. The van der Waals surface area contributed by atoms with Crippen LogP contribution in [-0.4, -0.2) is 25.7 Å². The van der Waals surface area contributed by atoms with Crippen molar-refractivity contribution in [2.75, 3.05) is 0 Å². The van der Waals surface area contributed by atoms with Gasteiger partial charge in [0.1, 0.15) is 5.75 Å². The number of carbonyl (C=O) groups is 1. The fourth-order valence-corrected chi connectivity index (χ4v) is 3.16. The van der Waals surface area contributed by atoms with E-state index < -0.39 is 0 Å². The van der Waals surface area contributed by atoms with Crippen LogP contribution >= 0.6 is 12.2 Å². The number of ketones is 1. The Morgan fingerprint density at radius 2 is 1.63 bits per heavy atom. The topological polar surface area (TPSA) is 70.9 Å². The van der Waals surface area contributed by atoms with E-state index in [0.717, 1.165) is 0 Å². The smallest absolute Gasteiger partial charge is 0.200 e. The Labute approximate surface area is 160 Å². The molecule has 0 aliphatic rings. The van der Waals surface area contributed by atoms with Crippen molar-refractivity contribution in [2.45, 2.75) is 0 Å². The van der Waals surface area contributed by atoms with Gasteiger partial charge < -0.3 is 5.11 Å². The summed E-state index contributed by atoms with van der Waals surface area (Å²) in [6, 6.07) is 23.2. The molecule has 0 fully saturated rings. The molecular formula is C21H15N3O2S. The lowest BCUT2D eigenvalue weighted by molar-refractivity contribution is 0.103. The molecule has 1 aromatic heterocycles. The molecule has 0 aliphatic carbocycles. The van der Waals surface area contributed by atoms with Gasteiger partial charge in [0.15, 0.2) is 16.4 Å². The second kappa shape index (κ2) is 7.01. The molecule has 0 saturated heterocycles.